The number of anilines is 1. The van der Waals surface area contributed by atoms with Crippen LogP contribution in [0.2, 0.25) is 0 Å². The van der Waals surface area contributed by atoms with Crippen LogP contribution >= 0.6 is 11.3 Å². The molecule has 3 aromatic rings. The van der Waals surface area contributed by atoms with Crippen molar-refractivity contribution < 1.29 is 4.79 Å². The highest BCUT2D eigenvalue weighted by atomic mass is 32.1. The molecule has 25 heavy (non-hydrogen) atoms. The van der Waals surface area contributed by atoms with Gasteiger partial charge < -0.3 is 9.80 Å². The van der Waals surface area contributed by atoms with Crippen LogP contribution in [0.3, 0.4) is 0 Å². The molecule has 2 aromatic heterocycles. The molecule has 0 radical (unpaired) electrons. The highest BCUT2D eigenvalue weighted by molar-refractivity contribution is 7.13. The lowest BCUT2D eigenvalue weighted by Gasteiger charge is -2.34. The third kappa shape index (κ3) is 2.78. The Morgan fingerprint density at radius 3 is 2.52 bits per heavy atom. The van der Waals surface area contributed by atoms with Crippen LogP contribution in [-0.2, 0) is 7.05 Å². The topological polar surface area (TPSA) is 71.3 Å². The molecule has 1 aliphatic rings. The van der Waals surface area contributed by atoms with E-state index in [0.29, 0.717) is 29.6 Å². The normalized spacial score (nSPS) is 14.9. The number of nitrogens with zero attached hydrogens (tertiary/aromatic N) is 5. The number of benzene rings is 1. The maximum Gasteiger partial charge on any atom is 0.275 e. The number of aromatic nitrogens is 3. The zero-order chi connectivity index (χ0) is 17.4. The molecular formula is C17H17N5O2S. The van der Waals surface area contributed by atoms with E-state index in [1.54, 1.807) is 47.7 Å². The van der Waals surface area contributed by atoms with Crippen molar-refractivity contribution in [1.29, 1.82) is 0 Å². The quantitative estimate of drug-likeness (QED) is 0.694. The van der Waals surface area contributed by atoms with Crippen LogP contribution in [0.15, 0.2) is 40.6 Å². The number of fused-ring (bicyclic) bond motifs is 1. The minimum Gasteiger partial charge on any atom is -0.345 e. The number of carbonyl (C=O) groups is 1. The minimum absolute atomic E-state index is 0.134. The van der Waals surface area contributed by atoms with Gasteiger partial charge in [-0.05, 0) is 6.07 Å². The second kappa shape index (κ2) is 6.29. The van der Waals surface area contributed by atoms with Crippen molar-refractivity contribution in [1.82, 2.24) is 19.7 Å². The molecule has 1 aromatic carbocycles. The molecule has 3 heterocycles. The Balaban J connectivity index is 1.61. The molecule has 0 N–H and O–H groups in total. The number of hydrogen-bond acceptors (Lipinski definition) is 6. The van der Waals surface area contributed by atoms with Crippen molar-refractivity contribution in [2.75, 3.05) is 31.1 Å². The van der Waals surface area contributed by atoms with Gasteiger partial charge in [-0.2, -0.15) is 5.10 Å². The Kier molecular flexibility index (Phi) is 3.96. The van der Waals surface area contributed by atoms with Crippen molar-refractivity contribution >= 4 is 33.1 Å². The van der Waals surface area contributed by atoms with Crippen molar-refractivity contribution in [2.24, 2.45) is 7.05 Å². The summed E-state index contributed by atoms with van der Waals surface area (Å²) in [6.45, 7) is 2.69. The summed E-state index contributed by atoms with van der Waals surface area (Å²) >= 11 is 1.60. The van der Waals surface area contributed by atoms with Gasteiger partial charge in [0.2, 0.25) is 0 Å². The molecule has 1 aliphatic heterocycles. The van der Waals surface area contributed by atoms with Gasteiger partial charge in [0.15, 0.2) is 10.8 Å². The zero-order valence-corrected chi connectivity index (χ0v) is 14.6. The fourth-order valence-electron chi connectivity index (χ4n) is 3.08. The third-order valence-electron chi connectivity index (χ3n) is 4.42. The fraction of sp³-hybridized carbons (Fsp3) is 0.294. The van der Waals surface area contributed by atoms with Crippen molar-refractivity contribution in [3.63, 3.8) is 0 Å². The van der Waals surface area contributed by atoms with E-state index in [-0.39, 0.29) is 11.5 Å². The monoisotopic (exact) mass is 355 g/mol. The number of amides is 1. The van der Waals surface area contributed by atoms with E-state index in [0.717, 1.165) is 18.2 Å². The Hall–Kier alpha value is -2.74. The zero-order valence-electron chi connectivity index (χ0n) is 13.8. The molecule has 7 nitrogen and oxygen atoms in total. The lowest BCUT2D eigenvalue weighted by atomic mass is 10.1. The van der Waals surface area contributed by atoms with Gasteiger partial charge in [0.25, 0.3) is 11.5 Å². The summed E-state index contributed by atoms with van der Waals surface area (Å²) in [4.78, 5) is 33.5. The largest absolute Gasteiger partial charge is 0.345 e. The maximum absolute atomic E-state index is 13.0. The first-order valence-corrected chi connectivity index (χ1v) is 8.93. The molecule has 0 saturated carbocycles. The summed E-state index contributed by atoms with van der Waals surface area (Å²) in [6, 6.07) is 7.13. The van der Waals surface area contributed by atoms with Crippen LogP contribution in [0.5, 0.6) is 0 Å². The number of aryl methyl sites for hydroxylation is 1. The molecule has 1 fully saturated rings. The van der Waals surface area contributed by atoms with E-state index in [4.69, 9.17) is 0 Å². The minimum atomic E-state index is -0.194. The number of piperazine rings is 1. The standard InChI is InChI=1S/C17H17N5O2S/c1-20-15(23)13-5-3-2-4-12(13)14(19-20)16(24)21-7-9-22(10-8-21)17-18-6-11-25-17/h2-6,11H,7-10H2,1H3. The van der Waals surface area contributed by atoms with Gasteiger partial charge in [-0.25, -0.2) is 9.67 Å². The smallest absolute Gasteiger partial charge is 0.275 e. The number of rotatable bonds is 2. The van der Waals surface area contributed by atoms with E-state index < -0.39 is 0 Å². The van der Waals surface area contributed by atoms with Gasteiger partial charge in [-0.3, -0.25) is 9.59 Å². The molecule has 0 atom stereocenters. The van der Waals surface area contributed by atoms with Crippen molar-refractivity contribution in [3.05, 3.63) is 51.9 Å². The lowest BCUT2D eigenvalue weighted by molar-refractivity contribution is 0.0740. The molecule has 1 saturated heterocycles. The molecular weight excluding hydrogens is 338 g/mol. The third-order valence-corrected chi connectivity index (χ3v) is 5.25. The van der Waals surface area contributed by atoms with Gasteiger partial charge in [-0.15, -0.1) is 11.3 Å². The van der Waals surface area contributed by atoms with Gasteiger partial charge in [0, 0.05) is 50.2 Å². The molecule has 0 bridgehead atoms. The predicted molar refractivity (Wildman–Crippen MR) is 97.2 cm³/mol. The van der Waals surface area contributed by atoms with Crippen molar-refractivity contribution in [2.45, 2.75) is 0 Å². The average Bonchev–Trinajstić information content (AvgIpc) is 3.19. The van der Waals surface area contributed by atoms with E-state index in [2.05, 4.69) is 15.0 Å². The molecule has 0 aliphatic carbocycles. The highest BCUT2D eigenvalue weighted by Gasteiger charge is 2.26. The van der Waals surface area contributed by atoms with Crippen LogP contribution < -0.4 is 10.5 Å². The molecule has 0 unspecified atom stereocenters. The van der Waals surface area contributed by atoms with E-state index in [1.807, 2.05) is 11.4 Å². The fourth-order valence-corrected chi connectivity index (χ4v) is 3.78. The molecule has 0 spiro atoms. The van der Waals surface area contributed by atoms with Gasteiger partial charge in [-0.1, -0.05) is 18.2 Å². The predicted octanol–water partition coefficient (Wildman–Crippen LogP) is 1.35. The molecule has 8 heteroatoms. The van der Waals surface area contributed by atoms with Crippen LogP contribution in [0.25, 0.3) is 10.8 Å². The molecule has 128 valence electrons. The number of carbonyl (C=O) groups excluding carboxylic acids is 1. The van der Waals surface area contributed by atoms with Crippen LogP contribution in [0, 0.1) is 0 Å². The van der Waals surface area contributed by atoms with Crippen LogP contribution in [0.1, 0.15) is 10.5 Å². The highest BCUT2D eigenvalue weighted by Crippen LogP contribution is 2.20. The lowest BCUT2D eigenvalue weighted by Crippen LogP contribution is -2.49. The van der Waals surface area contributed by atoms with E-state index in [1.165, 1.54) is 4.68 Å². The summed E-state index contributed by atoms with van der Waals surface area (Å²) in [5, 5.41) is 8.30. The summed E-state index contributed by atoms with van der Waals surface area (Å²) in [5.74, 6) is -0.134. The van der Waals surface area contributed by atoms with Crippen molar-refractivity contribution in [3.8, 4) is 0 Å². The average molecular weight is 355 g/mol. The van der Waals surface area contributed by atoms with Gasteiger partial charge in [0.05, 0.1) is 5.39 Å². The first-order valence-electron chi connectivity index (χ1n) is 8.05. The second-order valence-corrected chi connectivity index (χ2v) is 6.79. The SMILES string of the molecule is Cn1nc(C(=O)N2CCN(c3nccs3)CC2)c2ccccc2c1=O. The summed E-state index contributed by atoms with van der Waals surface area (Å²) in [6.07, 6.45) is 1.79. The Labute approximate surface area is 148 Å². The first-order chi connectivity index (χ1) is 12.1. The maximum atomic E-state index is 13.0. The molecule has 4 rings (SSSR count). The second-order valence-electron chi connectivity index (χ2n) is 5.92. The summed E-state index contributed by atoms with van der Waals surface area (Å²) in [7, 11) is 1.58. The van der Waals surface area contributed by atoms with Gasteiger partial charge >= 0.3 is 0 Å². The van der Waals surface area contributed by atoms with Crippen LogP contribution in [-0.4, -0.2) is 51.8 Å². The molecule has 1 amide bonds. The Morgan fingerprint density at radius 1 is 1.12 bits per heavy atom. The Morgan fingerprint density at radius 2 is 1.84 bits per heavy atom. The summed E-state index contributed by atoms with van der Waals surface area (Å²) in [5.41, 5.74) is 0.140. The van der Waals surface area contributed by atoms with Gasteiger partial charge in [0.1, 0.15) is 0 Å². The van der Waals surface area contributed by atoms with E-state index >= 15 is 0 Å². The number of thiazole rings is 1. The van der Waals surface area contributed by atoms with Crippen LogP contribution in [0.4, 0.5) is 5.13 Å². The van der Waals surface area contributed by atoms with E-state index in [9.17, 15) is 9.59 Å². The summed E-state index contributed by atoms with van der Waals surface area (Å²) < 4.78 is 1.24. The first kappa shape index (κ1) is 15.8. The Bertz CT molecular complexity index is 974. The number of hydrogen-bond donors (Lipinski definition) is 0.